The highest BCUT2D eigenvalue weighted by Crippen LogP contribution is 2.32. The van der Waals surface area contributed by atoms with Crippen LogP contribution >= 0.6 is 0 Å². The molecule has 0 aliphatic heterocycles. The Kier molecular flexibility index (Phi) is 3.87. The predicted octanol–water partition coefficient (Wildman–Crippen LogP) is 1.69. The van der Waals surface area contributed by atoms with E-state index < -0.39 is 6.10 Å². The lowest BCUT2D eigenvalue weighted by atomic mass is 10.1. The van der Waals surface area contributed by atoms with Crippen LogP contribution in [0.4, 0.5) is 0 Å². The van der Waals surface area contributed by atoms with Crippen LogP contribution in [0.25, 0.3) is 11.3 Å². The number of benzene rings is 1. The smallest absolute Gasteiger partial charge is 0.137 e. The third kappa shape index (κ3) is 2.62. The van der Waals surface area contributed by atoms with Crippen LogP contribution in [0.3, 0.4) is 0 Å². The van der Waals surface area contributed by atoms with Crippen LogP contribution in [0.2, 0.25) is 0 Å². The van der Waals surface area contributed by atoms with Crippen molar-refractivity contribution in [2.24, 2.45) is 5.73 Å². The molecule has 1 aromatic heterocycles. The van der Waals surface area contributed by atoms with Gasteiger partial charge in [-0.15, -0.1) is 0 Å². The van der Waals surface area contributed by atoms with E-state index in [1.165, 1.54) is 0 Å². The molecule has 102 valence electrons. The van der Waals surface area contributed by atoms with Gasteiger partial charge in [0.25, 0.3) is 0 Å². The van der Waals surface area contributed by atoms with Gasteiger partial charge in [-0.05, 0) is 26.0 Å². The molecule has 1 atom stereocenters. The molecule has 4 N–H and O–H groups in total. The monoisotopic (exact) mass is 261 g/mol. The molecule has 0 amide bonds. The van der Waals surface area contributed by atoms with Crippen LogP contribution < -0.4 is 10.5 Å². The van der Waals surface area contributed by atoms with Gasteiger partial charge in [0.1, 0.15) is 17.7 Å². The topological polar surface area (TPSA) is 84.2 Å². The number of aliphatic hydroxyl groups excluding tert-OH is 1. The molecule has 5 nitrogen and oxygen atoms in total. The first-order valence-corrected chi connectivity index (χ1v) is 6.16. The minimum Gasteiger partial charge on any atom is -0.496 e. The van der Waals surface area contributed by atoms with E-state index in [1.807, 2.05) is 32.0 Å². The number of hydrogen-bond donors (Lipinski definition) is 3. The number of aromatic amines is 1. The van der Waals surface area contributed by atoms with Crippen molar-refractivity contribution in [1.29, 1.82) is 0 Å². The number of H-pyrrole nitrogens is 1. The first-order chi connectivity index (χ1) is 9.06. The molecule has 5 heteroatoms. The van der Waals surface area contributed by atoms with Crippen molar-refractivity contribution in [3.63, 3.8) is 0 Å². The number of nitrogens with zero attached hydrogens (tertiary/aromatic N) is 1. The number of nitrogens with one attached hydrogen (secondary N) is 1. The molecule has 1 aromatic carbocycles. The van der Waals surface area contributed by atoms with E-state index in [0.29, 0.717) is 5.82 Å². The van der Waals surface area contributed by atoms with E-state index in [1.54, 1.807) is 7.11 Å². The number of imidazole rings is 1. The van der Waals surface area contributed by atoms with Crippen molar-refractivity contribution < 1.29 is 9.84 Å². The maximum Gasteiger partial charge on any atom is 0.137 e. The fourth-order valence-electron chi connectivity index (χ4n) is 2.02. The highest BCUT2D eigenvalue weighted by molar-refractivity contribution is 5.70. The number of aliphatic hydroxyl groups is 1. The van der Waals surface area contributed by atoms with Crippen molar-refractivity contribution in [1.82, 2.24) is 9.97 Å². The predicted molar refractivity (Wildman–Crippen MR) is 74.1 cm³/mol. The largest absolute Gasteiger partial charge is 0.496 e. The molecule has 0 saturated carbocycles. The van der Waals surface area contributed by atoms with E-state index in [4.69, 9.17) is 10.5 Å². The van der Waals surface area contributed by atoms with Crippen LogP contribution in [-0.4, -0.2) is 28.7 Å². The molecule has 1 heterocycles. The molecular weight excluding hydrogens is 242 g/mol. The normalized spacial score (nSPS) is 12.5. The summed E-state index contributed by atoms with van der Waals surface area (Å²) < 4.78 is 5.36. The van der Waals surface area contributed by atoms with Gasteiger partial charge in [-0.1, -0.05) is 11.6 Å². The van der Waals surface area contributed by atoms with Crippen LogP contribution in [-0.2, 0) is 0 Å². The van der Waals surface area contributed by atoms with Crippen LogP contribution in [0.1, 0.15) is 23.2 Å². The Balaban J connectivity index is 2.52. The number of hydrogen-bond acceptors (Lipinski definition) is 4. The lowest BCUT2D eigenvalue weighted by molar-refractivity contribution is 0.177. The van der Waals surface area contributed by atoms with Gasteiger partial charge in [0.2, 0.25) is 0 Å². The summed E-state index contributed by atoms with van der Waals surface area (Å²) in [5.41, 5.74) is 9.14. The summed E-state index contributed by atoms with van der Waals surface area (Å²) in [5.74, 6) is 1.24. The Morgan fingerprint density at radius 1 is 1.42 bits per heavy atom. The molecule has 0 bridgehead atoms. The number of aryl methyl sites for hydroxylation is 2. The zero-order chi connectivity index (χ0) is 14.0. The molecule has 0 spiro atoms. The molecule has 19 heavy (non-hydrogen) atoms. The first kappa shape index (κ1) is 13.6. The van der Waals surface area contributed by atoms with Gasteiger partial charge in [0.05, 0.1) is 12.8 Å². The Hall–Kier alpha value is -1.85. The molecule has 0 aliphatic rings. The average Bonchev–Trinajstić information content (AvgIpc) is 2.79. The van der Waals surface area contributed by atoms with Gasteiger partial charge in [-0.2, -0.15) is 0 Å². The standard InChI is InChI=1S/C14H19N3O2/c1-8-4-5-12(19-3)10(6-8)13-9(2)16-14(17-13)11(18)7-15/h4-6,11,18H,7,15H2,1-3H3,(H,16,17). The minimum atomic E-state index is -0.775. The first-order valence-electron chi connectivity index (χ1n) is 6.16. The second kappa shape index (κ2) is 5.42. The molecule has 2 aromatic rings. The third-order valence-corrected chi connectivity index (χ3v) is 3.05. The van der Waals surface area contributed by atoms with Gasteiger partial charge in [0, 0.05) is 17.8 Å². The van der Waals surface area contributed by atoms with Crippen molar-refractivity contribution in [3.05, 3.63) is 35.3 Å². The third-order valence-electron chi connectivity index (χ3n) is 3.05. The number of aromatic nitrogens is 2. The van der Waals surface area contributed by atoms with Crippen LogP contribution in [0, 0.1) is 13.8 Å². The number of methoxy groups -OCH3 is 1. The molecule has 1 unspecified atom stereocenters. The average molecular weight is 261 g/mol. The Bertz CT molecular complexity index is 578. The number of rotatable bonds is 4. The van der Waals surface area contributed by atoms with Gasteiger partial charge in [0.15, 0.2) is 0 Å². The maximum atomic E-state index is 9.75. The van der Waals surface area contributed by atoms with Gasteiger partial charge >= 0.3 is 0 Å². The summed E-state index contributed by atoms with van der Waals surface area (Å²) in [6.07, 6.45) is -0.775. The zero-order valence-corrected chi connectivity index (χ0v) is 11.4. The van der Waals surface area contributed by atoms with E-state index >= 15 is 0 Å². The van der Waals surface area contributed by atoms with E-state index in [0.717, 1.165) is 28.3 Å². The summed E-state index contributed by atoms with van der Waals surface area (Å²) in [7, 11) is 1.63. The van der Waals surface area contributed by atoms with Gasteiger partial charge in [-0.25, -0.2) is 4.98 Å². The van der Waals surface area contributed by atoms with E-state index in [-0.39, 0.29) is 6.54 Å². The van der Waals surface area contributed by atoms with Gasteiger partial charge < -0.3 is 20.6 Å². The minimum absolute atomic E-state index is 0.136. The highest BCUT2D eigenvalue weighted by Gasteiger charge is 2.17. The SMILES string of the molecule is COc1ccc(C)cc1-c1nc(C(O)CN)[nH]c1C. The molecule has 0 radical (unpaired) electrons. The maximum absolute atomic E-state index is 9.75. The summed E-state index contributed by atoms with van der Waals surface area (Å²) in [4.78, 5) is 7.50. The number of ether oxygens (including phenoxy) is 1. The van der Waals surface area contributed by atoms with Gasteiger partial charge in [-0.3, -0.25) is 0 Å². The van der Waals surface area contributed by atoms with Crippen molar-refractivity contribution in [2.75, 3.05) is 13.7 Å². The molecule has 0 aliphatic carbocycles. The zero-order valence-electron chi connectivity index (χ0n) is 11.4. The van der Waals surface area contributed by atoms with Crippen molar-refractivity contribution in [2.45, 2.75) is 20.0 Å². The second-order valence-corrected chi connectivity index (χ2v) is 4.55. The lowest BCUT2D eigenvalue weighted by Gasteiger charge is -2.08. The van der Waals surface area contributed by atoms with Crippen molar-refractivity contribution in [3.8, 4) is 17.0 Å². The summed E-state index contributed by atoms with van der Waals surface area (Å²) >= 11 is 0. The fourth-order valence-corrected chi connectivity index (χ4v) is 2.02. The Morgan fingerprint density at radius 3 is 2.79 bits per heavy atom. The Morgan fingerprint density at radius 2 is 2.16 bits per heavy atom. The van der Waals surface area contributed by atoms with E-state index in [9.17, 15) is 5.11 Å². The van der Waals surface area contributed by atoms with Crippen LogP contribution in [0.15, 0.2) is 18.2 Å². The fraction of sp³-hybridized carbons (Fsp3) is 0.357. The molecular formula is C14H19N3O2. The molecule has 2 rings (SSSR count). The van der Waals surface area contributed by atoms with Crippen molar-refractivity contribution >= 4 is 0 Å². The molecule has 0 fully saturated rings. The number of nitrogens with two attached hydrogens (primary N) is 1. The summed E-state index contributed by atoms with van der Waals surface area (Å²) in [6.45, 7) is 4.06. The van der Waals surface area contributed by atoms with E-state index in [2.05, 4.69) is 9.97 Å². The second-order valence-electron chi connectivity index (χ2n) is 4.55. The lowest BCUT2D eigenvalue weighted by Crippen LogP contribution is -2.12. The summed E-state index contributed by atoms with van der Waals surface area (Å²) in [5, 5.41) is 9.75. The Labute approximate surface area is 112 Å². The highest BCUT2D eigenvalue weighted by atomic mass is 16.5. The van der Waals surface area contributed by atoms with Crippen LogP contribution in [0.5, 0.6) is 5.75 Å². The quantitative estimate of drug-likeness (QED) is 0.782. The summed E-state index contributed by atoms with van der Waals surface area (Å²) in [6, 6.07) is 5.92. The molecule has 0 saturated heterocycles.